The largest absolute Gasteiger partial charge is 0.479 e. The molecule has 222 valence electrons. The van der Waals surface area contributed by atoms with Crippen LogP contribution in [0.1, 0.15) is 71.9 Å². The van der Waals surface area contributed by atoms with Gasteiger partial charge in [-0.15, -0.1) is 0 Å². The SMILES string of the molecule is Cc1ccc(-c2c(C)c3c(c(C)c2[C@H](OC(C)(C)C)C(=O)O)NC(=O)N(C(c2ccccc2)c2ccccc2)CC3)cc1. The number of rotatable bonds is 7. The van der Waals surface area contributed by atoms with Crippen LogP contribution in [0.5, 0.6) is 0 Å². The summed E-state index contributed by atoms with van der Waals surface area (Å²) in [4.78, 5) is 28.8. The summed E-state index contributed by atoms with van der Waals surface area (Å²) in [5.41, 5.74) is 8.11. The Balaban J connectivity index is 1.69. The number of carboxylic acid groups (broad SMARTS) is 1. The van der Waals surface area contributed by atoms with Gasteiger partial charge in [0.1, 0.15) is 0 Å². The number of anilines is 1. The minimum Gasteiger partial charge on any atom is -0.479 e. The summed E-state index contributed by atoms with van der Waals surface area (Å²) in [6.07, 6.45) is -0.619. The van der Waals surface area contributed by atoms with Crippen LogP contribution in [0, 0.1) is 20.8 Å². The maximum absolute atomic E-state index is 14.1. The highest BCUT2D eigenvalue weighted by molar-refractivity contribution is 5.96. The van der Waals surface area contributed by atoms with Gasteiger partial charge in [-0.1, -0.05) is 90.5 Å². The first kappa shape index (κ1) is 30.1. The molecule has 0 saturated carbocycles. The molecule has 4 aromatic rings. The molecule has 5 rings (SSSR count). The monoisotopic (exact) mass is 576 g/mol. The maximum atomic E-state index is 14.1. The van der Waals surface area contributed by atoms with Crippen molar-refractivity contribution in [2.45, 2.75) is 65.7 Å². The molecule has 2 N–H and O–H groups in total. The third-order valence-electron chi connectivity index (χ3n) is 8.11. The van der Waals surface area contributed by atoms with E-state index in [9.17, 15) is 14.7 Å². The van der Waals surface area contributed by atoms with Crippen molar-refractivity contribution in [2.24, 2.45) is 0 Å². The number of benzene rings is 4. The molecule has 6 heteroatoms. The summed E-state index contributed by atoms with van der Waals surface area (Å²) in [6, 6.07) is 27.7. The van der Waals surface area contributed by atoms with Crippen molar-refractivity contribution in [3.63, 3.8) is 0 Å². The van der Waals surface area contributed by atoms with Gasteiger partial charge in [0, 0.05) is 17.8 Å². The number of urea groups is 1. The Morgan fingerprint density at radius 3 is 1.93 bits per heavy atom. The number of nitrogens with one attached hydrogen (secondary N) is 1. The van der Waals surface area contributed by atoms with Crippen LogP contribution in [-0.2, 0) is 16.0 Å². The minimum atomic E-state index is -1.22. The first-order valence-electron chi connectivity index (χ1n) is 14.8. The van der Waals surface area contributed by atoms with Gasteiger partial charge in [0.05, 0.1) is 11.6 Å². The fourth-order valence-corrected chi connectivity index (χ4v) is 6.16. The molecular weight excluding hydrogens is 536 g/mol. The van der Waals surface area contributed by atoms with Gasteiger partial charge in [0.15, 0.2) is 6.10 Å². The second kappa shape index (κ2) is 12.1. The van der Waals surface area contributed by atoms with Crippen LogP contribution in [0.2, 0.25) is 0 Å². The van der Waals surface area contributed by atoms with Gasteiger partial charge in [-0.2, -0.15) is 0 Å². The number of carbonyl (C=O) groups is 2. The summed E-state index contributed by atoms with van der Waals surface area (Å²) in [5, 5.41) is 13.7. The van der Waals surface area contributed by atoms with Gasteiger partial charge < -0.3 is 20.1 Å². The molecule has 0 unspecified atom stereocenters. The number of hydrogen-bond donors (Lipinski definition) is 2. The van der Waals surface area contributed by atoms with Crippen LogP contribution in [0.4, 0.5) is 10.5 Å². The number of aliphatic carboxylic acids is 1. The lowest BCUT2D eigenvalue weighted by Gasteiger charge is -2.31. The minimum absolute atomic E-state index is 0.225. The molecule has 0 radical (unpaired) electrons. The van der Waals surface area contributed by atoms with Gasteiger partial charge in [-0.3, -0.25) is 0 Å². The highest BCUT2D eigenvalue weighted by Gasteiger charge is 2.36. The molecule has 1 aliphatic heterocycles. The summed E-state index contributed by atoms with van der Waals surface area (Å²) in [6.45, 7) is 12.0. The zero-order chi connectivity index (χ0) is 30.9. The Morgan fingerprint density at radius 2 is 1.42 bits per heavy atom. The molecule has 1 aliphatic rings. The first-order valence-corrected chi connectivity index (χ1v) is 14.8. The lowest BCUT2D eigenvalue weighted by atomic mass is 9.83. The van der Waals surface area contributed by atoms with E-state index in [0.29, 0.717) is 29.8 Å². The van der Waals surface area contributed by atoms with Crippen molar-refractivity contribution in [3.8, 4) is 11.1 Å². The number of amides is 2. The van der Waals surface area contributed by atoms with Crippen molar-refractivity contribution >= 4 is 17.7 Å². The van der Waals surface area contributed by atoms with Crippen LogP contribution in [-0.4, -0.2) is 34.2 Å². The van der Waals surface area contributed by atoms with Crippen molar-refractivity contribution < 1.29 is 19.4 Å². The van der Waals surface area contributed by atoms with Gasteiger partial charge in [-0.05, 0) is 86.9 Å². The van der Waals surface area contributed by atoms with Gasteiger partial charge in [0.25, 0.3) is 0 Å². The van der Waals surface area contributed by atoms with E-state index in [-0.39, 0.29) is 12.1 Å². The van der Waals surface area contributed by atoms with Crippen molar-refractivity contribution in [1.82, 2.24) is 4.90 Å². The van der Waals surface area contributed by atoms with E-state index in [4.69, 9.17) is 4.74 Å². The van der Waals surface area contributed by atoms with Crippen molar-refractivity contribution in [2.75, 3.05) is 11.9 Å². The van der Waals surface area contributed by atoms with Crippen LogP contribution < -0.4 is 5.32 Å². The Kier molecular flexibility index (Phi) is 8.43. The molecule has 0 bridgehead atoms. The first-order chi connectivity index (χ1) is 20.5. The van der Waals surface area contributed by atoms with E-state index >= 15 is 0 Å². The Morgan fingerprint density at radius 1 is 0.860 bits per heavy atom. The van der Waals surface area contributed by atoms with E-state index in [1.54, 1.807) is 0 Å². The zero-order valence-electron chi connectivity index (χ0n) is 25.8. The maximum Gasteiger partial charge on any atom is 0.337 e. The normalized spacial score (nSPS) is 14.2. The predicted octanol–water partition coefficient (Wildman–Crippen LogP) is 8.40. The van der Waals surface area contributed by atoms with Crippen molar-refractivity contribution in [1.29, 1.82) is 0 Å². The van der Waals surface area contributed by atoms with Gasteiger partial charge in [0.2, 0.25) is 0 Å². The lowest BCUT2D eigenvalue weighted by Crippen LogP contribution is -2.38. The molecule has 0 saturated heterocycles. The number of hydrogen-bond acceptors (Lipinski definition) is 3. The number of nitrogens with zero attached hydrogens (tertiary/aromatic N) is 1. The average molecular weight is 577 g/mol. The summed E-state index contributed by atoms with van der Waals surface area (Å²) in [5.74, 6) is -1.07. The Bertz CT molecular complexity index is 1580. The second-order valence-corrected chi connectivity index (χ2v) is 12.3. The smallest absolute Gasteiger partial charge is 0.337 e. The molecule has 2 amide bonds. The van der Waals surface area contributed by atoms with Gasteiger partial charge >= 0.3 is 12.0 Å². The topological polar surface area (TPSA) is 78.9 Å². The third-order valence-corrected chi connectivity index (χ3v) is 8.11. The van der Waals surface area contributed by atoms with Crippen molar-refractivity contribution in [3.05, 3.63) is 124 Å². The highest BCUT2D eigenvalue weighted by atomic mass is 16.5. The molecular formula is C37H40N2O4. The fourth-order valence-electron chi connectivity index (χ4n) is 6.16. The zero-order valence-corrected chi connectivity index (χ0v) is 25.8. The van der Waals surface area contributed by atoms with E-state index in [2.05, 4.69) is 5.32 Å². The second-order valence-electron chi connectivity index (χ2n) is 12.3. The molecule has 4 aromatic carbocycles. The summed E-state index contributed by atoms with van der Waals surface area (Å²) < 4.78 is 6.21. The fraction of sp³-hybridized carbons (Fsp3) is 0.297. The van der Waals surface area contributed by atoms with Crippen LogP contribution in [0.25, 0.3) is 11.1 Å². The highest BCUT2D eigenvalue weighted by Crippen LogP contribution is 2.44. The summed E-state index contributed by atoms with van der Waals surface area (Å²) in [7, 11) is 0. The predicted molar refractivity (Wildman–Crippen MR) is 171 cm³/mol. The van der Waals surface area contributed by atoms with E-state index in [0.717, 1.165) is 38.9 Å². The molecule has 0 aromatic heterocycles. The molecule has 6 nitrogen and oxygen atoms in total. The Labute approximate surface area is 254 Å². The number of fused-ring (bicyclic) bond motifs is 1. The molecule has 0 fully saturated rings. The standard InChI is InChI=1S/C37H40N2O4/c1-23-17-19-26(20-18-23)30-24(2)29-21-22-39(33(27-13-9-7-10-14-27)28-15-11-8-12-16-28)36(42)38-32(29)25(3)31(30)34(35(40)41)43-37(4,5)6/h7-20,33-34H,21-22H2,1-6H3,(H,38,42)(H,40,41)/t34-/m0/s1. The van der Waals surface area contributed by atoms with E-state index < -0.39 is 17.7 Å². The molecule has 1 heterocycles. The molecule has 43 heavy (non-hydrogen) atoms. The number of carbonyl (C=O) groups excluding carboxylic acids is 1. The van der Waals surface area contributed by atoms with Crippen LogP contribution in [0.3, 0.4) is 0 Å². The van der Waals surface area contributed by atoms with E-state index in [1.807, 2.05) is 131 Å². The lowest BCUT2D eigenvalue weighted by molar-refractivity contribution is -0.160. The van der Waals surface area contributed by atoms with E-state index in [1.165, 1.54) is 0 Å². The number of carboxylic acids is 1. The molecule has 0 spiro atoms. The summed E-state index contributed by atoms with van der Waals surface area (Å²) >= 11 is 0. The van der Waals surface area contributed by atoms with Crippen LogP contribution in [0.15, 0.2) is 84.9 Å². The number of ether oxygens (including phenoxy) is 1. The Hall–Kier alpha value is -4.42. The van der Waals surface area contributed by atoms with Gasteiger partial charge in [-0.25, -0.2) is 9.59 Å². The molecule has 0 aliphatic carbocycles. The quantitative estimate of drug-likeness (QED) is 0.232. The molecule has 1 atom stereocenters. The average Bonchev–Trinajstić information content (AvgIpc) is 3.14. The van der Waals surface area contributed by atoms with Crippen LogP contribution >= 0.6 is 0 Å². The number of aryl methyl sites for hydroxylation is 1. The third kappa shape index (κ3) is 6.20.